The number of amides is 1. The average Bonchev–Trinajstić information content (AvgIpc) is 3.23. The Balaban J connectivity index is 1.62. The highest BCUT2D eigenvalue weighted by atomic mass is 35.5. The number of benzene rings is 3. The summed E-state index contributed by atoms with van der Waals surface area (Å²) in [6.45, 7) is 7.10. The molecule has 0 aliphatic heterocycles. The lowest BCUT2D eigenvalue weighted by atomic mass is 10.1. The molecule has 0 aliphatic carbocycles. The van der Waals surface area contributed by atoms with E-state index in [4.69, 9.17) is 21.1 Å². The predicted octanol–water partition coefficient (Wildman–Crippen LogP) is 5.73. The minimum Gasteiger partial charge on any atom is -0.493 e. The van der Waals surface area contributed by atoms with E-state index in [1.165, 1.54) is 38.6 Å². The van der Waals surface area contributed by atoms with Gasteiger partial charge in [0, 0.05) is 23.0 Å². The molecular formula is C31H33ClN4O5S. The number of para-hydroxylation sites is 1. The fourth-order valence-corrected chi connectivity index (χ4v) is 6.42. The Labute approximate surface area is 251 Å². The van der Waals surface area contributed by atoms with E-state index in [1.807, 2.05) is 68.7 Å². The summed E-state index contributed by atoms with van der Waals surface area (Å²) in [4.78, 5) is 13.1. The number of anilines is 1. The second kappa shape index (κ2) is 12.7. The summed E-state index contributed by atoms with van der Waals surface area (Å²) in [6, 6.07) is 19.1. The van der Waals surface area contributed by atoms with Crippen LogP contribution in [-0.4, -0.2) is 45.9 Å². The van der Waals surface area contributed by atoms with E-state index in [1.54, 1.807) is 12.1 Å². The number of aryl methyl sites for hydroxylation is 3. The molecule has 0 atom stereocenters. The molecule has 0 fully saturated rings. The Morgan fingerprint density at radius 2 is 1.62 bits per heavy atom. The lowest BCUT2D eigenvalue weighted by Crippen LogP contribution is -2.39. The molecule has 0 unspecified atom stereocenters. The number of nitrogens with one attached hydrogen (secondary N) is 1. The topological polar surface area (TPSA) is 102 Å². The lowest BCUT2D eigenvalue weighted by Gasteiger charge is -2.25. The maximum absolute atomic E-state index is 13.9. The van der Waals surface area contributed by atoms with Gasteiger partial charge in [-0.05, 0) is 81.3 Å². The molecule has 0 aliphatic rings. The Morgan fingerprint density at radius 3 is 2.26 bits per heavy atom. The van der Waals surface area contributed by atoms with Gasteiger partial charge in [-0.2, -0.15) is 5.10 Å². The summed E-state index contributed by atoms with van der Waals surface area (Å²) in [6.07, 6.45) is 1.53. The van der Waals surface area contributed by atoms with E-state index in [0.717, 1.165) is 38.1 Å². The summed E-state index contributed by atoms with van der Waals surface area (Å²) in [5.74, 6) is 0.0205. The van der Waals surface area contributed by atoms with Crippen molar-refractivity contribution in [1.82, 2.24) is 9.99 Å². The molecule has 0 saturated heterocycles. The number of carbonyl (C=O) groups is 1. The van der Waals surface area contributed by atoms with Crippen molar-refractivity contribution in [2.24, 2.45) is 5.10 Å². The zero-order chi connectivity index (χ0) is 30.6. The molecule has 1 aromatic heterocycles. The number of hydrogen-bond acceptors (Lipinski definition) is 6. The fraction of sp³-hybridized carbons (Fsp3) is 0.226. The Morgan fingerprint density at radius 1 is 0.952 bits per heavy atom. The van der Waals surface area contributed by atoms with Crippen LogP contribution in [0.4, 0.5) is 5.69 Å². The third-order valence-corrected chi connectivity index (χ3v) is 8.77. The summed E-state index contributed by atoms with van der Waals surface area (Å²) in [5, 5.41) is 4.74. The first kappa shape index (κ1) is 30.7. The van der Waals surface area contributed by atoms with Crippen LogP contribution < -0.4 is 19.2 Å². The molecule has 0 bridgehead atoms. The number of nitrogens with zero attached hydrogens (tertiary/aromatic N) is 3. The van der Waals surface area contributed by atoms with Gasteiger partial charge in [0.1, 0.15) is 6.54 Å². The minimum absolute atomic E-state index is 0.0531. The number of carbonyl (C=O) groups excluding carboxylic acids is 1. The first-order valence-corrected chi connectivity index (χ1v) is 14.9. The van der Waals surface area contributed by atoms with E-state index in [-0.39, 0.29) is 10.6 Å². The quantitative estimate of drug-likeness (QED) is 0.183. The van der Waals surface area contributed by atoms with Gasteiger partial charge < -0.3 is 14.0 Å². The van der Waals surface area contributed by atoms with Gasteiger partial charge in [-0.1, -0.05) is 29.8 Å². The largest absolute Gasteiger partial charge is 0.493 e. The first-order valence-electron chi connectivity index (χ1n) is 13.0. The van der Waals surface area contributed by atoms with Gasteiger partial charge >= 0.3 is 0 Å². The Bertz CT molecular complexity index is 1740. The van der Waals surface area contributed by atoms with Crippen molar-refractivity contribution in [3.63, 3.8) is 0 Å². The van der Waals surface area contributed by atoms with Gasteiger partial charge in [0.05, 0.1) is 41.7 Å². The summed E-state index contributed by atoms with van der Waals surface area (Å²) in [5.41, 5.74) is 7.96. The van der Waals surface area contributed by atoms with E-state index in [2.05, 4.69) is 10.5 Å². The Hall–Kier alpha value is -4.28. The van der Waals surface area contributed by atoms with Gasteiger partial charge in [0.2, 0.25) is 0 Å². The summed E-state index contributed by atoms with van der Waals surface area (Å²) >= 11 is 6.41. The second-order valence-electron chi connectivity index (χ2n) is 9.78. The van der Waals surface area contributed by atoms with Crippen molar-refractivity contribution >= 4 is 39.4 Å². The van der Waals surface area contributed by atoms with Gasteiger partial charge in [0.15, 0.2) is 11.5 Å². The molecule has 9 nitrogen and oxygen atoms in total. The van der Waals surface area contributed by atoms with E-state index in [9.17, 15) is 13.2 Å². The zero-order valence-electron chi connectivity index (χ0n) is 24.3. The number of sulfonamides is 1. The van der Waals surface area contributed by atoms with Crippen LogP contribution in [-0.2, 0) is 14.8 Å². The van der Waals surface area contributed by atoms with Gasteiger partial charge in [-0.25, -0.2) is 13.8 Å². The smallest absolute Gasteiger partial charge is 0.264 e. The number of aromatic nitrogens is 1. The molecule has 220 valence electrons. The van der Waals surface area contributed by atoms with Crippen LogP contribution in [0.3, 0.4) is 0 Å². The van der Waals surface area contributed by atoms with Crippen LogP contribution in [0.2, 0.25) is 5.02 Å². The second-order valence-corrected chi connectivity index (χ2v) is 12.1. The monoisotopic (exact) mass is 608 g/mol. The van der Waals surface area contributed by atoms with Crippen LogP contribution in [0.15, 0.2) is 76.7 Å². The minimum atomic E-state index is -4.19. The standard InChI is InChI=1S/C31H33ClN4O5S/c1-20-13-21(2)15-25(14-20)35(42(38,39)26-11-12-29(40-5)30(17-26)41-6)19-31(37)34-33-18-24-16-22(3)36(23(24)4)28-10-8-7-9-27(28)32/h7-18H,19H2,1-6H3,(H,34,37)/b33-18+. The molecule has 4 rings (SSSR count). The van der Waals surface area contributed by atoms with Crippen molar-refractivity contribution in [3.8, 4) is 17.2 Å². The van der Waals surface area contributed by atoms with E-state index >= 15 is 0 Å². The molecule has 42 heavy (non-hydrogen) atoms. The van der Waals surface area contributed by atoms with Crippen LogP contribution >= 0.6 is 11.6 Å². The van der Waals surface area contributed by atoms with Crippen LogP contribution in [0, 0.1) is 27.7 Å². The number of rotatable bonds is 10. The summed E-state index contributed by atoms with van der Waals surface area (Å²) in [7, 11) is -1.30. The maximum atomic E-state index is 13.9. The van der Waals surface area contributed by atoms with Gasteiger partial charge in [-0.15, -0.1) is 0 Å². The summed E-state index contributed by atoms with van der Waals surface area (Å²) < 4.78 is 41.4. The number of hydrogen-bond donors (Lipinski definition) is 1. The molecule has 0 radical (unpaired) electrons. The predicted molar refractivity (Wildman–Crippen MR) is 166 cm³/mol. The molecule has 11 heteroatoms. The van der Waals surface area contributed by atoms with Crippen LogP contribution in [0.5, 0.6) is 11.5 Å². The molecular weight excluding hydrogens is 576 g/mol. The molecule has 3 aromatic carbocycles. The van der Waals surface area contributed by atoms with E-state index < -0.39 is 22.5 Å². The average molecular weight is 609 g/mol. The Kier molecular flexibility index (Phi) is 9.28. The lowest BCUT2D eigenvalue weighted by molar-refractivity contribution is -0.119. The fourth-order valence-electron chi connectivity index (χ4n) is 4.78. The molecule has 1 amide bonds. The first-order chi connectivity index (χ1) is 20.0. The van der Waals surface area contributed by atoms with Crippen molar-refractivity contribution in [3.05, 3.63) is 99.8 Å². The van der Waals surface area contributed by atoms with Crippen molar-refractivity contribution in [2.45, 2.75) is 32.6 Å². The SMILES string of the molecule is COc1ccc(S(=O)(=O)N(CC(=O)N/N=C/c2cc(C)n(-c3ccccc3Cl)c2C)c2cc(C)cc(C)c2)cc1OC. The molecule has 4 aromatic rings. The third kappa shape index (κ3) is 6.45. The number of methoxy groups -OCH3 is 2. The third-order valence-electron chi connectivity index (χ3n) is 6.68. The van der Waals surface area contributed by atoms with Gasteiger partial charge in [-0.3, -0.25) is 9.10 Å². The van der Waals surface area contributed by atoms with Crippen LogP contribution in [0.25, 0.3) is 5.69 Å². The molecule has 0 spiro atoms. The van der Waals surface area contributed by atoms with E-state index in [0.29, 0.717) is 16.5 Å². The zero-order valence-corrected chi connectivity index (χ0v) is 25.9. The van der Waals surface area contributed by atoms with Gasteiger partial charge in [0.25, 0.3) is 15.9 Å². The number of hydrazone groups is 1. The van der Waals surface area contributed by atoms with Crippen molar-refractivity contribution in [2.75, 3.05) is 25.1 Å². The highest BCUT2D eigenvalue weighted by molar-refractivity contribution is 7.92. The number of ether oxygens (including phenoxy) is 2. The maximum Gasteiger partial charge on any atom is 0.264 e. The molecule has 1 heterocycles. The highest BCUT2D eigenvalue weighted by Crippen LogP contribution is 2.33. The van der Waals surface area contributed by atoms with Crippen LogP contribution in [0.1, 0.15) is 28.1 Å². The van der Waals surface area contributed by atoms with Crippen molar-refractivity contribution < 1.29 is 22.7 Å². The highest BCUT2D eigenvalue weighted by Gasteiger charge is 2.29. The van der Waals surface area contributed by atoms with Crippen molar-refractivity contribution in [1.29, 1.82) is 0 Å². The molecule has 0 saturated carbocycles. The molecule has 1 N–H and O–H groups in total. The normalized spacial score (nSPS) is 11.5. The number of halogens is 1.